The summed E-state index contributed by atoms with van der Waals surface area (Å²) < 4.78 is 0. The monoisotopic (exact) mass is 238 g/mol. The molecule has 0 aromatic heterocycles. The summed E-state index contributed by atoms with van der Waals surface area (Å²) in [7, 11) is 0. The first-order valence-electron chi connectivity index (χ1n) is 6.44. The van der Waals surface area contributed by atoms with Crippen LogP contribution in [0.3, 0.4) is 0 Å². The largest absolute Gasteiger partial charge is 0.387 e. The molecule has 0 unspecified atom stereocenters. The van der Waals surface area contributed by atoms with Crippen LogP contribution in [0.15, 0.2) is 4.99 Å². The molecule has 3 N–H and O–H groups in total. The van der Waals surface area contributed by atoms with E-state index in [1.54, 1.807) is 0 Å². The highest BCUT2D eigenvalue weighted by atomic mass is 16.3. The molecule has 3 atom stereocenters. The van der Waals surface area contributed by atoms with Crippen LogP contribution >= 0.6 is 0 Å². The van der Waals surface area contributed by atoms with Crippen molar-refractivity contribution >= 4 is 5.71 Å². The van der Waals surface area contributed by atoms with E-state index in [1.807, 2.05) is 6.92 Å². The van der Waals surface area contributed by atoms with Gasteiger partial charge in [0, 0.05) is 31.8 Å². The molecule has 1 spiro atoms. The Kier molecular flexibility index (Phi) is 2.24. The smallest absolute Gasteiger partial charge is 0.115 e. The Morgan fingerprint density at radius 1 is 1.29 bits per heavy atom. The summed E-state index contributed by atoms with van der Waals surface area (Å²) in [5, 5.41) is 17.8. The van der Waals surface area contributed by atoms with Crippen molar-refractivity contribution in [1.82, 2.24) is 15.5 Å². The first-order valence-corrected chi connectivity index (χ1v) is 6.44. The van der Waals surface area contributed by atoms with Crippen LogP contribution < -0.4 is 10.6 Å². The number of aliphatic hydroxyl groups is 1. The third-order valence-corrected chi connectivity index (χ3v) is 4.93. The van der Waals surface area contributed by atoms with Crippen LogP contribution in [0.1, 0.15) is 27.2 Å². The fraction of sp³-hybridized carbons (Fsp3) is 0.917. The SMILES string of the molecule is CC1=NCCN[C@@]12C[C@](C)(O)[C@]1(C)NCCN21. The van der Waals surface area contributed by atoms with Crippen LogP contribution in [0.5, 0.6) is 0 Å². The van der Waals surface area contributed by atoms with E-state index in [0.29, 0.717) is 6.42 Å². The maximum absolute atomic E-state index is 10.8. The Balaban J connectivity index is 2.09. The number of hydrogen-bond acceptors (Lipinski definition) is 5. The molecular weight excluding hydrogens is 216 g/mol. The van der Waals surface area contributed by atoms with E-state index >= 15 is 0 Å². The van der Waals surface area contributed by atoms with E-state index in [4.69, 9.17) is 0 Å². The summed E-state index contributed by atoms with van der Waals surface area (Å²) in [5.41, 5.74) is -0.241. The van der Waals surface area contributed by atoms with Crippen LogP contribution in [0, 0.1) is 0 Å². The maximum Gasteiger partial charge on any atom is 0.115 e. The van der Waals surface area contributed by atoms with Crippen molar-refractivity contribution in [2.75, 3.05) is 26.2 Å². The average Bonchev–Trinajstić information content (AvgIpc) is 2.71. The number of hydrogen-bond donors (Lipinski definition) is 3. The summed E-state index contributed by atoms with van der Waals surface area (Å²) in [6, 6.07) is 0. The Hall–Kier alpha value is -0.490. The lowest BCUT2D eigenvalue weighted by Gasteiger charge is -2.43. The zero-order valence-electron chi connectivity index (χ0n) is 10.9. The molecule has 0 bridgehead atoms. The van der Waals surface area contributed by atoms with Gasteiger partial charge in [0.1, 0.15) is 5.66 Å². The quantitative estimate of drug-likeness (QED) is 0.534. The van der Waals surface area contributed by atoms with Crippen LogP contribution in [0.25, 0.3) is 0 Å². The van der Waals surface area contributed by atoms with Gasteiger partial charge in [-0.15, -0.1) is 0 Å². The molecule has 17 heavy (non-hydrogen) atoms. The molecule has 5 heteroatoms. The van der Waals surface area contributed by atoms with Crippen molar-refractivity contribution < 1.29 is 5.11 Å². The number of fused-ring (bicyclic) bond motifs is 2. The molecule has 3 aliphatic rings. The second kappa shape index (κ2) is 3.29. The van der Waals surface area contributed by atoms with Crippen molar-refractivity contribution in [1.29, 1.82) is 0 Å². The molecule has 2 saturated heterocycles. The normalized spacial score (nSPS) is 50.7. The van der Waals surface area contributed by atoms with Gasteiger partial charge in [-0.1, -0.05) is 0 Å². The molecule has 0 radical (unpaired) electrons. The topological polar surface area (TPSA) is 59.9 Å². The van der Waals surface area contributed by atoms with Crippen molar-refractivity contribution in [3.63, 3.8) is 0 Å². The molecule has 0 amide bonds. The lowest BCUT2D eigenvalue weighted by atomic mass is 9.88. The minimum absolute atomic E-state index is 0.250. The van der Waals surface area contributed by atoms with Crippen LogP contribution in [0.2, 0.25) is 0 Å². The lowest BCUT2D eigenvalue weighted by Crippen LogP contribution is -2.66. The number of nitrogens with zero attached hydrogens (tertiary/aromatic N) is 2. The Bertz CT molecular complexity index is 381. The zero-order valence-corrected chi connectivity index (χ0v) is 10.9. The fourth-order valence-electron chi connectivity index (χ4n) is 3.78. The first-order chi connectivity index (χ1) is 7.92. The molecule has 3 rings (SSSR count). The highest BCUT2D eigenvalue weighted by Gasteiger charge is 2.66. The molecule has 3 heterocycles. The molecule has 0 aliphatic carbocycles. The van der Waals surface area contributed by atoms with E-state index in [2.05, 4.69) is 34.4 Å². The zero-order chi connectivity index (χ0) is 12.3. The second-order valence-corrected chi connectivity index (χ2v) is 5.86. The molecule has 3 aliphatic heterocycles. The van der Waals surface area contributed by atoms with E-state index in [-0.39, 0.29) is 11.3 Å². The minimum Gasteiger partial charge on any atom is -0.387 e. The van der Waals surface area contributed by atoms with Crippen LogP contribution in [-0.2, 0) is 0 Å². The van der Waals surface area contributed by atoms with Gasteiger partial charge in [-0.25, -0.2) is 0 Å². The van der Waals surface area contributed by atoms with Gasteiger partial charge >= 0.3 is 0 Å². The van der Waals surface area contributed by atoms with Crippen LogP contribution in [0.4, 0.5) is 0 Å². The van der Waals surface area contributed by atoms with Gasteiger partial charge in [0.15, 0.2) is 0 Å². The van der Waals surface area contributed by atoms with Gasteiger partial charge in [0.25, 0.3) is 0 Å². The predicted molar refractivity (Wildman–Crippen MR) is 67.1 cm³/mol. The van der Waals surface area contributed by atoms with Gasteiger partial charge in [-0.05, 0) is 20.8 Å². The fourth-order valence-corrected chi connectivity index (χ4v) is 3.78. The molecule has 0 aromatic carbocycles. The highest BCUT2D eigenvalue weighted by molar-refractivity contribution is 5.92. The van der Waals surface area contributed by atoms with Gasteiger partial charge in [-0.3, -0.25) is 20.5 Å². The number of aliphatic imine (C=N–C) groups is 1. The van der Waals surface area contributed by atoms with E-state index in [1.165, 1.54) is 0 Å². The van der Waals surface area contributed by atoms with Crippen molar-refractivity contribution in [3.8, 4) is 0 Å². The number of rotatable bonds is 0. The van der Waals surface area contributed by atoms with Crippen molar-refractivity contribution in [2.45, 2.75) is 44.1 Å². The maximum atomic E-state index is 10.8. The summed E-state index contributed by atoms with van der Waals surface area (Å²) >= 11 is 0. The molecule has 5 nitrogen and oxygen atoms in total. The molecule has 96 valence electrons. The van der Waals surface area contributed by atoms with Crippen molar-refractivity contribution in [3.05, 3.63) is 0 Å². The summed E-state index contributed by atoms with van der Waals surface area (Å²) in [5.74, 6) is 0. The Labute approximate surface area is 102 Å². The minimum atomic E-state index is -0.745. The summed E-state index contributed by atoms with van der Waals surface area (Å²) in [4.78, 5) is 6.95. The molecule has 0 saturated carbocycles. The standard InChI is InChI=1S/C12H22N4O/c1-9-12(15-5-4-13-9)8-10(2,17)11(3)14-6-7-16(11)12/h14-15,17H,4-8H2,1-3H3/t10-,11+,12+/m0/s1. The second-order valence-electron chi connectivity index (χ2n) is 5.86. The third kappa shape index (κ3) is 1.25. The lowest BCUT2D eigenvalue weighted by molar-refractivity contribution is -0.0388. The molecule has 0 aromatic rings. The van der Waals surface area contributed by atoms with E-state index in [9.17, 15) is 5.11 Å². The molecular formula is C12H22N4O. The van der Waals surface area contributed by atoms with Crippen molar-refractivity contribution in [2.24, 2.45) is 4.99 Å². The van der Waals surface area contributed by atoms with Gasteiger partial charge < -0.3 is 5.11 Å². The van der Waals surface area contributed by atoms with Gasteiger partial charge in [-0.2, -0.15) is 0 Å². The first kappa shape index (κ1) is 11.6. The Morgan fingerprint density at radius 2 is 2.06 bits per heavy atom. The summed E-state index contributed by atoms with van der Waals surface area (Å²) in [6.45, 7) is 9.70. The summed E-state index contributed by atoms with van der Waals surface area (Å²) in [6.07, 6.45) is 0.693. The van der Waals surface area contributed by atoms with E-state index < -0.39 is 5.60 Å². The Morgan fingerprint density at radius 3 is 2.76 bits per heavy atom. The van der Waals surface area contributed by atoms with E-state index in [0.717, 1.165) is 31.9 Å². The number of nitrogens with one attached hydrogen (secondary N) is 2. The van der Waals surface area contributed by atoms with Crippen LogP contribution in [-0.4, -0.2) is 58.8 Å². The van der Waals surface area contributed by atoms with Gasteiger partial charge in [0.2, 0.25) is 0 Å². The molecule has 2 fully saturated rings. The highest BCUT2D eigenvalue weighted by Crippen LogP contribution is 2.47. The predicted octanol–water partition coefficient (Wildman–Crippen LogP) is -0.477. The average molecular weight is 238 g/mol. The van der Waals surface area contributed by atoms with Gasteiger partial charge in [0.05, 0.1) is 17.8 Å². The third-order valence-electron chi connectivity index (χ3n) is 4.93.